The average molecular weight is 401 g/mol. The van der Waals surface area contributed by atoms with Crippen LogP contribution in [0.3, 0.4) is 0 Å². The van der Waals surface area contributed by atoms with E-state index in [9.17, 15) is 4.79 Å². The van der Waals surface area contributed by atoms with Gasteiger partial charge in [-0.05, 0) is 17.7 Å². The van der Waals surface area contributed by atoms with E-state index in [0.717, 1.165) is 5.56 Å². The van der Waals surface area contributed by atoms with Gasteiger partial charge in [-0.2, -0.15) is 0 Å². The molecule has 1 heterocycles. The number of para-hydroxylation sites is 1. The molecule has 0 unspecified atom stereocenters. The molecule has 27 heavy (non-hydrogen) atoms. The maximum absolute atomic E-state index is 12.7. The SMILES string of the molecule is COc1c(Cl)cccc1-n1ccn(C(=N)SCc2ccccc2)c(=N)c1=O. The highest BCUT2D eigenvalue weighted by atomic mass is 35.5. The van der Waals surface area contributed by atoms with Crippen LogP contribution in [-0.4, -0.2) is 21.4 Å². The van der Waals surface area contributed by atoms with Crippen molar-refractivity contribution in [3.63, 3.8) is 0 Å². The molecule has 0 aliphatic heterocycles. The fourth-order valence-electron chi connectivity index (χ4n) is 2.54. The summed E-state index contributed by atoms with van der Waals surface area (Å²) < 4.78 is 7.83. The summed E-state index contributed by atoms with van der Waals surface area (Å²) >= 11 is 7.37. The molecule has 8 heteroatoms. The van der Waals surface area contributed by atoms with Gasteiger partial charge in [-0.15, -0.1) is 0 Å². The van der Waals surface area contributed by atoms with Crippen molar-refractivity contribution < 1.29 is 4.74 Å². The van der Waals surface area contributed by atoms with Crippen LogP contribution in [-0.2, 0) is 5.75 Å². The van der Waals surface area contributed by atoms with Crippen molar-refractivity contribution in [2.75, 3.05) is 7.11 Å². The molecule has 0 radical (unpaired) electrons. The number of thioether (sulfide) groups is 1. The summed E-state index contributed by atoms with van der Waals surface area (Å²) in [4.78, 5) is 12.7. The molecule has 6 nitrogen and oxygen atoms in total. The van der Waals surface area contributed by atoms with Crippen molar-refractivity contribution in [2.24, 2.45) is 0 Å². The van der Waals surface area contributed by atoms with E-state index in [-0.39, 0.29) is 10.7 Å². The molecule has 0 amide bonds. The number of halogens is 1. The first-order valence-electron chi connectivity index (χ1n) is 8.00. The highest BCUT2D eigenvalue weighted by Crippen LogP contribution is 2.30. The minimum absolute atomic E-state index is 0.103. The number of benzene rings is 2. The Bertz CT molecular complexity index is 1090. The molecular formula is C19H17ClN4O2S. The lowest BCUT2D eigenvalue weighted by Gasteiger charge is -2.14. The first-order chi connectivity index (χ1) is 13.0. The van der Waals surface area contributed by atoms with E-state index in [1.165, 1.54) is 40.4 Å². The van der Waals surface area contributed by atoms with Gasteiger partial charge in [0.2, 0.25) is 0 Å². The minimum atomic E-state index is -0.567. The predicted octanol–water partition coefficient (Wildman–Crippen LogP) is 3.50. The highest BCUT2D eigenvalue weighted by Gasteiger charge is 2.13. The number of nitrogens with one attached hydrogen (secondary N) is 2. The quantitative estimate of drug-likeness (QED) is 0.519. The molecule has 0 saturated heterocycles. The number of ether oxygens (including phenoxy) is 1. The monoisotopic (exact) mass is 400 g/mol. The van der Waals surface area contributed by atoms with Gasteiger partial charge in [0.05, 0.1) is 17.8 Å². The van der Waals surface area contributed by atoms with Crippen LogP contribution in [0.5, 0.6) is 5.75 Å². The molecule has 0 bridgehead atoms. The third-order valence-corrected chi connectivity index (χ3v) is 5.12. The van der Waals surface area contributed by atoms with E-state index in [0.29, 0.717) is 22.2 Å². The summed E-state index contributed by atoms with van der Waals surface area (Å²) in [6.45, 7) is 0. The van der Waals surface area contributed by atoms with Crippen LogP contribution >= 0.6 is 23.4 Å². The number of rotatable bonds is 4. The summed E-state index contributed by atoms with van der Waals surface area (Å²) in [6, 6.07) is 14.8. The fraction of sp³-hybridized carbons (Fsp3) is 0.105. The second-order valence-corrected chi connectivity index (χ2v) is 6.93. The van der Waals surface area contributed by atoms with Crippen LogP contribution in [0, 0.1) is 10.8 Å². The Balaban J connectivity index is 1.92. The molecule has 0 spiro atoms. The van der Waals surface area contributed by atoms with E-state index < -0.39 is 5.56 Å². The van der Waals surface area contributed by atoms with Gasteiger partial charge in [-0.1, -0.05) is 59.8 Å². The third kappa shape index (κ3) is 3.99. The first-order valence-corrected chi connectivity index (χ1v) is 9.36. The van der Waals surface area contributed by atoms with Crippen molar-refractivity contribution in [1.29, 1.82) is 10.8 Å². The van der Waals surface area contributed by atoms with Crippen LogP contribution in [0.2, 0.25) is 5.02 Å². The number of methoxy groups -OCH3 is 1. The van der Waals surface area contributed by atoms with Crippen molar-refractivity contribution >= 4 is 28.5 Å². The largest absolute Gasteiger partial charge is 0.493 e. The summed E-state index contributed by atoms with van der Waals surface area (Å²) in [5.74, 6) is 0.934. The molecule has 0 aliphatic rings. The van der Waals surface area contributed by atoms with Crippen LogP contribution in [0.4, 0.5) is 0 Å². The fourth-order valence-corrected chi connectivity index (χ4v) is 3.57. The van der Waals surface area contributed by atoms with Crippen molar-refractivity contribution in [1.82, 2.24) is 9.13 Å². The number of hydrogen-bond acceptors (Lipinski definition) is 5. The Morgan fingerprint density at radius 1 is 1.15 bits per heavy atom. The van der Waals surface area contributed by atoms with Gasteiger partial charge in [-0.3, -0.25) is 24.7 Å². The summed E-state index contributed by atoms with van der Waals surface area (Å²) in [5, 5.41) is 16.9. The van der Waals surface area contributed by atoms with Gasteiger partial charge in [-0.25, -0.2) is 0 Å². The zero-order valence-corrected chi connectivity index (χ0v) is 16.1. The summed E-state index contributed by atoms with van der Waals surface area (Å²) in [7, 11) is 1.47. The lowest BCUT2D eigenvalue weighted by molar-refractivity contribution is 0.412. The first kappa shape index (κ1) is 19.0. The van der Waals surface area contributed by atoms with Gasteiger partial charge in [0, 0.05) is 18.1 Å². The van der Waals surface area contributed by atoms with Gasteiger partial charge in [0.1, 0.15) is 0 Å². The third-order valence-electron chi connectivity index (χ3n) is 3.87. The van der Waals surface area contributed by atoms with Gasteiger partial charge in [0.25, 0.3) is 5.56 Å². The molecule has 0 atom stereocenters. The Morgan fingerprint density at radius 2 is 1.89 bits per heavy atom. The normalized spacial score (nSPS) is 10.6. The van der Waals surface area contributed by atoms with E-state index in [2.05, 4.69) is 0 Å². The lowest BCUT2D eigenvalue weighted by Crippen LogP contribution is -2.42. The molecule has 2 N–H and O–H groups in total. The van der Waals surface area contributed by atoms with E-state index in [1.807, 2.05) is 30.3 Å². The van der Waals surface area contributed by atoms with E-state index in [1.54, 1.807) is 18.2 Å². The Hall–Kier alpha value is -2.77. The minimum Gasteiger partial charge on any atom is -0.493 e. The van der Waals surface area contributed by atoms with Gasteiger partial charge < -0.3 is 4.74 Å². The Morgan fingerprint density at radius 3 is 2.59 bits per heavy atom. The zero-order chi connectivity index (χ0) is 19.4. The topological polar surface area (TPSA) is 83.9 Å². The number of aromatic nitrogens is 2. The molecule has 138 valence electrons. The van der Waals surface area contributed by atoms with E-state index >= 15 is 0 Å². The zero-order valence-electron chi connectivity index (χ0n) is 14.5. The van der Waals surface area contributed by atoms with Crippen LogP contribution in [0.1, 0.15) is 5.56 Å². The molecule has 2 aromatic carbocycles. The molecule has 0 aliphatic carbocycles. The maximum Gasteiger partial charge on any atom is 0.298 e. The van der Waals surface area contributed by atoms with Crippen molar-refractivity contribution in [3.05, 3.63) is 87.4 Å². The average Bonchev–Trinajstić information content (AvgIpc) is 2.69. The van der Waals surface area contributed by atoms with Crippen LogP contribution in [0.15, 0.2) is 65.7 Å². The van der Waals surface area contributed by atoms with Gasteiger partial charge >= 0.3 is 0 Å². The van der Waals surface area contributed by atoms with Crippen molar-refractivity contribution in [3.8, 4) is 11.4 Å². The second-order valence-electron chi connectivity index (χ2n) is 5.56. The van der Waals surface area contributed by atoms with Crippen molar-refractivity contribution in [2.45, 2.75) is 5.75 Å². The highest BCUT2D eigenvalue weighted by molar-refractivity contribution is 8.13. The summed E-state index contributed by atoms with van der Waals surface area (Å²) in [5.41, 5.74) is 0.628. The standard InChI is InChI=1S/C19H17ClN4O2S/c1-26-16-14(20)8-5-9-15(16)23-10-11-24(17(21)18(23)25)19(22)27-12-13-6-3-2-4-7-13/h2-11,21-22H,12H2,1H3. The molecule has 3 rings (SSSR count). The van der Waals surface area contributed by atoms with Crippen LogP contribution in [0.25, 0.3) is 5.69 Å². The smallest absolute Gasteiger partial charge is 0.298 e. The number of hydrogen-bond donors (Lipinski definition) is 2. The second kappa shape index (κ2) is 8.28. The molecule has 3 aromatic rings. The summed E-state index contributed by atoms with van der Waals surface area (Å²) in [6.07, 6.45) is 3.02. The molecule has 0 fully saturated rings. The molecule has 1 aromatic heterocycles. The predicted molar refractivity (Wildman–Crippen MR) is 108 cm³/mol. The number of nitrogens with zero attached hydrogens (tertiary/aromatic N) is 2. The molecular weight excluding hydrogens is 384 g/mol. The molecule has 0 saturated carbocycles. The van der Waals surface area contributed by atoms with Gasteiger partial charge in [0.15, 0.2) is 16.4 Å². The van der Waals surface area contributed by atoms with Crippen LogP contribution < -0.4 is 15.8 Å². The lowest BCUT2D eigenvalue weighted by atomic mass is 10.2. The maximum atomic E-state index is 12.7. The van der Waals surface area contributed by atoms with E-state index in [4.69, 9.17) is 27.2 Å². The Labute approximate surface area is 165 Å². The Kier molecular flexibility index (Phi) is 5.83.